The van der Waals surface area contributed by atoms with Gasteiger partial charge in [0.15, 0.2) is 17.5 Å². The van der Waals surface area contributed by atoms with Gasteiger partial charge in [0.25, 0.3) is 0 Å². The number of nitrogens with zero attached hydrogens (tertiary/aromatic N) is 4. The fraction of sp³-hybridized carbons (Fsp3) is 0.204. The van der Waals surface area contributed by atoms with E-state index in [1.165, 1.54) is 48.9 Å². The standard InChI is InChI=1S/C49H42N4/c1-5-13-36(14-6-1)46-50-47(37-15-7-2-8-16-37)52-48(51-46)38-21-23-39(24-22-38)49(41-30-34-29-35(32-41)33-42(49)31-34)40-25-27-45(28-26-40)53(43-17-9-3-10-18-43)44-19-11-4-12-20-44/h1-28,34-35,41-42H,29-33H2. The fourth-order valence-corrected chi connectivity index (χ4v) is 10.4. The topological polar surface area (TPSA) is 41.9 Å². The number of hydrogen-bond acceptors (Lipinski definition) is 4. The Balaban J connectivity index is 1.06. The van der Waals surface area contributed by atoms with Gasteiger partial charge in [0.2, 0.25) is 0 Å². The van der Waals surface area contributed by atoms with Gasteiger partial charge in [-0.2, -0.15) is 0 Å². The van der Waals surface area contributed by atoms with Crippen LogP contribution >= 0.6 is 0 Å². The number of rotatable bonds is 8. The summed E-state index contributed by atoms with van der Waals surface area (Å²) >= 11 is 0. The molecule has 4 aliphatic carbocycles. The van der Waals surface area contributed by atoms with Crippen LogP contribution < -0.4 is 4.90 Å². The molecule has 7 aromatic rings. The molecule has 4 saturated carbocycles. The average molecular weight is 687 g/mol. The highest BCUT2D eigenvalue weighted by atomic mass is 15.1. The first-order valence-electron chi connectivity index (χ1n) is 19.2. The van der Waals surface area contributed by atoms with Gasteiger partial charge in [-0.15, -0.1) is 0 Å². The SMILES string of the molecule is c1ccc(-c2nc(-c3ccccc3)nc(-c3ccc(C4(c5ccc(N(c6ccccc6)c6ccccc6)cc5)C5CC6CC(C5)CC4C6)cc3)n2)cc1. The lowest BCUT2D eigenvalue weighted by atomic mass is 9.42. The van der Waals surface area contributed by atoms with Gasteiger partial charge in [-0.3, -0.25) is 0 Å². The molecule has 4 bridgehead atoms. The van der Waals surface area contributed by atoms with Crippen molar-refractivity contribution >= 4 is 17.1 Å². The summed E-state index contributed by atoms with van der Waals surface area (Å²) in [5.74, 6) is 5.10. The number of benzene rings is 6. The van der Waals surface area contributed by atoms with E-state index < -0.39 is 0 Å². The van der Waals surface area contributed by atoms with Crippen LogP contribution in [0.1, 0.15) is 43.2 Å². The van der Waals surface area contributed by atoms with Crippen molar-refractivity contribution in [1.29, 1.82) is 0 Å². The molecule has 4 nitrogen and oxygen atoms in total. The summed E-state index contributed by atoms with van der Waals surface area (Å²) in [6.07, 6.45) is 6.73. The zero-order valence-electron chi connectivity index (χ0n) is 29.8. The monoisotopic (exact) mass is 686 g/mol. The third-order valence-corrected chi connectivity index (χ3v) is 12.4. The molecule has 0 radical (unpaired) electrons. The first-order chi connectivity index (χ1) is 26.2. The second-order valence-electron chi connectivity index (χ2n) is 15.3. The molecule has 0 aliphatic heterocycles. The summed E-state index contributed by atoms with van der Waals surface area (Å²) in [7, 11) is 0. The van der Waals surface area contributed by atoms with Crippen LogP contribution in [0.25, 0.3) is 34.2 Å². The zero-order valence-corrected chi connectivity index (χ0v) is 29.8. The van der Waals surface area contributed by atoms with E-state index in [0.717, 1.165) is 39.9 Å². The van der Waals surface area contributed by atoms with E-state index in [-0.39, 0.29) is 5.41 Å². The summed E-state index contributed by atoms with van der Waals surface area (Å²) in [6.45, 7) is 0. The van der Waals surface area contributed by atoms with Crippen molar-refractivity contribution in [2.24, 2.45) is 23.7 Å². The molecule has 0 atom stereocenters. The Morgan fingerprint density at radius 2 is 0.698 bits per heavy atom. The Morgan fingerprint density at radius 3 is 1.11 bits per heavy atom. The molecule has 4 heteroatoms. The predicted octanol–water partition coefficient (Wildman–Crippen LogP) is 12.1. The van der Waals surface area contributed by atoms with Crippen molar-refractivity contribution in [2.75, 3.05) is 4.90 Å². The van der Waals surface area contributed by atoms with Crippen molar-refractivity contribution in [1.82, 2.24) is 15.0 Å². The van der Waals surface area contributed by atoms with E-state index >= 15 is 0 Å². The van der Waals surface area contributed by atoms with Crippen LogP contribution in [0.3, 0.4) is 0 Å². The number of hydrogen-bond donors (Lipinski definition) is 0. The molecule has 11 rings (SSSR count). The summed E-state index contributed by atoms with van der Waals surface area (Å²) < 4.78 is 0. The van der Waals surface area contributed by atoms with Crippen molar-refractivity contribution in [2.45, 2.75) is 37.5 Å². The number of anilines is 3. The molecule has 4 fully saturated rings. The van der Waals surface area contributed by atoms with Crippen LogP contribution in [0.2, 0.25) is 0 Å². The van der Waals surface area contributed by atoms with Crippen LogP contribution in [0.4, 0.5) is 17.1 Å². The summed E-state index contributed by atoms with van der Waals surface area (Å²) in [5.41, 5.74) is 9.37. The normalized spacial score (nSPS) is 22.8. The number of para-hydroxylation sites is 2. The van der Waals surface area contributed by atoms with Crippen molar-refractivity contribution < 1.29 is 0 Å². The van der Waals surface area contributed by atoms with Crippen molar-refractivity contribution in [3.8, 4) is 34.2 Å². The highest BCUT2D eigenvalue weighted by Gasteiger charge is 2.58. The highest BCUT2D eigenvalue weighted by molar-refractivity contribution is 5.76. The minimum absolute atomic E-state index is 0.0156. The Hall–Kier alpha value is -5.87. The van der Waals surface area contributed by atoms with Gasteiger partial charge >= 0.3 is 0 Å². The summed E-state index contributed by atoms with van der Waals surface area (Å²) in [4.78, 5) is 17.4. The van der Waals surface area contributed by atoms with Gasteiger partial charge in [0, 0.05) is 39.2 Å². The van der Waals surface area contributed by atoms with E-state index in [1.807, 2.05) is 36.4 Å². The molecular weight excluding hydrogens is 645 g/mol. The number of aromatic nitrogens is 3. The molecule has 1 heterocycles. The zero-order chi connectivity index (χ0) is 35.2. The van der Waals surface area contributed by atoms with Crippen LogP contribution in [0, 0.1) is 23.7 Å². The summed E-state index contributed by atoms with van der Waals surface area (Å²) in [5, 5.41) is 0. The lowest BCUT2D eigenvalue weighted by Gasteiger charge is -2.62. The molecule has 1 aromatic heterocycles. The minimum Gasteiger partial charge on any atom is -0.311 e. The smallest absolute Gasteiger partial charge is 0.164 e. The highest BCUT2D eigenvalue weighted by Crippen LogP contribution is 2.65. The minimum atomic E-state index is -0.0156. The third-order valence-electron chi connectivity index (χ3n) is 12.4. The van der Waals surface area contributed by atoms with Gasteiger partial charge in [0.05, 0.1) is 0 Å². The molecule has 53 heavy (non-hydrogen) atoms. The lowest BCUT2D eigenvalue weighted by Crippen LogP contribution is -2.56. The molecule has 0 saturated heterocycles. The Morgan fingerprint density at radius 1 is 0.358 bits per heavy atom. The molecule has 4 aliphatic rings. The van der Waals surface area contributed by atoms with Gasteiger partial charge in [0.1, 0.15) is 0 Å². The summed E-state index contributed by atoms with van der Waals surface area (Å²) in [6, 6.07) is 60.8. The molecule has 258 valence electrons. The van der Waals surface area contributed by atoms with E-state index in [0.29, 0.717) is 29.3 Å². The van der Waals surface area contributed by atoms with E-state index in [2.05, 4.69) is 138 Å². The molecular formula is C49H42N4. The van der Waals surface area contributed by atoms with Crippen molar-refractivity contribution in [3.63, 3.8) is 0 Å². The van der Waals surface area contributed by atoms with Crippen LogP contribution in [-0.4, -0.2) is 15.0 Å². The van der Waals surface area contributed by atoms with Crippen LogP contribution in [0.5, 0.6) is 0 Å². The molecule has 0 amide bonds. The fourth-order valence-electron chi connectivity index (χ4n) is 10.4. The third kappa shape index (κ3) is 5.65. The Bertz CT molecular complexity index is 2200. The van der Waals surface area contributed by atoms with Gasteiger partial charge in [-0.05, 0) is 103 Å². The largest absolute Gasteiger partial charge is 0.311 e. The first-order valence-corrected chi connectivity index (χ1v) is 19.2. The van der Waals surface area contributed by atoms with Crippen LogP contribution in [0.15, 0.2) is 170 Å². The van der Waals surface area contributed by atoms with Crippen molar-refractivity contribution in [3.05, 3.63) is 181 Å². The maximum atomic E-state index is 5.04. The quantitative estimate of drug-likeness (QED) is 0.160. The predicted molar refractivity (Wildman–Crippen MR) is 215 cm³/mol. The molecule has 0 N–H and O–H groups in total. The maximum absolute atomic E-state index is 5.04. The molecule has 0 unspecified atom stereocenters. The first kappa shape index (κ1) is 31.8. The average Bonchev–Trinajstić information content (AvgIpc) is 3.23. The van der Waals surface area contributed by atoms with E-state index in [9.17, 15) is 0 Å². The van der Waals surface area contributed by atoms with Gasteiger partial charge in [-0.1, -0.05) is 133 Å². The Kier molecular flexibility index (Phi) is 7.97. The maximum Gasteiger partial charge on any atom is 0.164 e. The second kappa shape index (κ2) is 13.3. The lowest BCUT2D eigenvalue weighted by molar-refractivity contribution is -0.0418. The molecule has 0 spiro atoms. The van der Waals surface area contributed by atoms with Crippen LogP contribution in [-0.2, 0) is 5.41 Å². The van der Waals surface area contributed by atoms with Gasteiger partial charge in [-0.25, -0.2) is 15.0 Å². The van der Waals surface area contributed by atoms with E-state index in [4.69, 9.17) is 15.0 Å². The Labute approximate surface area is 312 Å². The second-order valence-corrected chi connectivity index (χ2v) is 15.3. The van der Waals surface area contributed by atoms with E-state index in [1.54, 1.807) is 0 Å². The van der Waals surface area contributed by atoms with Gasteiger partial charge < -0.3 is 4.90 Å². The molecule has 6 aromatic carbocycles.